The summed E-state index contributed by atoms with van der Waals surface area (Å²) in [6, 6.07) is 14.9. The van der Waals surface area contributed by atoms with Gasteiger partial charge in [0, 0.05) is 14.5 Å². The third-order valence-electron chi connectivity index (χ3n) is 3.06. The van der Waals surface area contributed by atoms with Gasteiger partial charge in [0.1, 0.15) is 5.92 Å². The van der Waals surface area contributed by atoms with Crippen LogP contribution in [0.25, 0.3) is 0 Å². The minimum atomic E-state index is -0.801. The topological polar surface area (TPSA) is 40.9 Å². The van der Waals surface area contributed by atoms with Crippen LogP contribution in [0.3, 0.4) is 0 Å². The molecule has 1 unspecified atom stereocenters. The number of hydrogen-bond donors (Lipinski definition) is 0. The molecule has 0 aliphatic rings. The van der Waals surface area contributed by atoms with Crippen molar-refractivity contribution in [2.75, 3.05) is 0 Å². The Hall–Kier alpha value is -1.44. The number of nitriles is 1. The zero-order valence-corrected chi connectivity index (χ0v) is 13.9. The molecule has 0 aliphatic carbocycles. The lowest BCUT2D eigenvalue weighted by Crippen LogP contribution is -2.13. The highest BCUT2D eigenvalue weighted by molar-refractivity contribution is 9.10. The van der Waals surface area contributed by atoms with Crippen molar-refractivity contribution in [2.24, 2.45) is 0 Å². The molecule has 0 spiro atoms. The molecule has 0 fully saturated rings. The number of carbonyl (C=O) groups is 1. The second kappa shape index (κ2) is 6.34. The van der Waals surface area contributed by atoms with E-state index in [0.717, 1.165) is 14.5 Å². The Kier molecular flexibility index (Phi) is 4.74. The molecule has 0 saturated carbocycles. The average molecular weight is 393 g/mol. The van der Waals surface area contributed by atoms with Gasteiger partial charge in [-0.3, -0.25) is 4.79 Å². The molecule has 4 heteroatoms. The smallest absolute Gasteiger partial charge is 0.184 e. The molecule has 20 heavy (non-hydrogen) atoms. The Morgan fingerprint density at radius 2 is 1.90 bits per heavy atom. The van der Waals surface area contributed by atoms with E-state index in [0.29, 0.717) is 11.1 Å². The molecule has 0 aromatic heterocycles. The van der Waals surface area contributed by atoms with E-state index in [4.69, 9.17) is 0 Å². The van der Waals surface area contributed by atoms with Crippen LogP contribution in [0.2, 0.25) is 0 Å². The SMILES string of the molecule is Cc1cc(Br)ccc1C(=O)C(C#N)c1ccccc1Br. The van der Waals surface area contributed by atoms with Gasteiger partial charge in [-0.25, -0.2) is 0 Å². The summed E-state index contributed by atoms with van der Waals surface area (Å²) in [5.74, 6) is -0.977. The predicted octanol–water partition coefficient (Wildman–Crippen LogP) is 5.01. The van der Waals surface area contributed by atoms with Crippen molar-refractivity contribution in [3.05, 3.63) is 68.1 Å². The van der Waals surface area contributed by atoms with Crippen LogP contribution >= 0.6 is 31.9 Å². The van der Waals surface area contributed by atoms with Crippen LogP contribution in [0.1, 0.15) is 27.4 Å². The highest BCUT2D eigenvalue weighted by Gasteiger charge is 2.24. The second-order valence-electron chi connectivity index (χ2n) is 4.41. The Labute approximate surface area is 134 Å². The maximum absolute atomic E-state index is 12.6. The first-order valence-electron chi connectivity index (χ1n) is 5.99. The summed E-state index contributed by atoms with van der Waals surface area (Å²) in [4.78, 5) is 12.6. The molecule has 0 heterocycles. The monoisotopic (exact) mass is 391 g/mol. The van der Waals surface area contributed by atoms with Crippen LogP contribution in [0.15, 0.2) is 51.4 Å². The first-order valence-corrected chi connectivity index (χ1v) is 7.57. The number of carbonyl (C=O) groups excluding carboxylic acids is 1. The Morgan fingerprint density at radius 1 is 1.20 bits per heavy atom. The molecule has 2 aromatic rings. The molecule has 2 rings (SSSR count). The van der Waals surface area contributed by atoms with Crippen molar-refractivity contribution < 1.29 is 4.79 Å². The molecule has 0 aliphatic heterocycles. The van der Waals surface area contributed by atoms with E-state index in [1.807, 2.05) is 37.3 Å². The standard InChI is InChI=1S/C16H11Br2NO/c1-10-8-11(17)6-7-12(10)16(20)14(9-19)13-4-2-3-5-15(13)18/h2-8,14H,1H3. The number of rotatable bonds is 3. The summed E-state index contributed by atoms with van der Waals surface area (Å²) < 4.78 is 1.69. The maximum atomic E-state index is 12.6. The number of benzene rings is 2. The summed E-state index contributed by atoms with van der Waals surface area (Å²) >= 11 is 6.77. The quantitative estimate of drug-likeness (QED) is 0.688. The zero-order chi connectivity index (χ0) is 14.7. The van der Waals surface area contributed by atoms with Gasteiger partial charge in [0.15, 0.2) is 5.78 Å². The van der Waals surface area contributed by atoms with Crippen molar-refractivity contribution in [1.29, 1.82) is 5.26 Å². The van der Waals surface area contributed by atoms with Crippen LogP contribution in [-0.4, -0.2) is 5.78 Å². The van der Waals surface area contributed by atoms with Crippen molar-refractivity contribution in [3.8, 4) is 6.07 Å². The van der Waals surface area contributed by atoms with Crippen LogP contribution < -0.4 is 0 Å². The molecule has 0 bridgehead atoms. The van der Waals surface area contributed by atoms with Crippen LogP contribution in [0.4, 0.5) is 0 Å². The van der Waals surface area contributed by atoms with E-state index < -0.39 is 5.92 Å². The summed E-state index contributed by atoms with van der Waals surface area (Å²) in [6.45, 7) is 1.87. The van der Waals surface area contributed by atoms with E-state index in [9.17, 15) is 10.1 Å². The van der Waals surface area contributed by atoms with Crippen LogP contribution in [-0.2, 0) is 0 Å². The maximum Gasteiger partial charge on any atom is 0.184 e. The Balaban J connectivity index is 2.45. The largest absolute Gasteiger partial charge is 0.292 e. The Bertz CT molecular complexity index is 704. The summed E-state index contributed by atoms with van der Waals surface area (Å²) in [5.41, 5.74) is 2.13. The summed E-state index contributed by atoms with van der Waals surface area (Å²) in [5, 5.41) is 9.38. The number of aryl methyl sites for hydroxylation is 1. The molecule has 0 amide bonds. The third kappa shape index (κ3) is 3.00. The summed E-state index contributed by atoms with van der Waals surface area (Å²) in [6.07, 6.45) is 0. The van der Waals surface area contributed by atoms with Gasteiger partial charge in [0.25, 0.3) is 0 Å². The van der Waals surface area contributed by atoms with Gasteiger partial charge in [-0.15, -0.1) is 0 Å². The zero-order valence-electron chi connectivity index (χ0n) is 10.7. The van der Waals surface area contributed by atoms with Crippen LogP contribution in [0, 0.1) is 18.3 Å². The van der Waals surface area contributed by atoms with E-state index in [1.165, 1.54) is 0 Å². The third-order valence-corrected chi connectivity index (χ3v) is 4.28. The van der Waals surface area contributed by atoms with Crippen molar-refractivity contribution in [1.82, 2.24) is 0 Å². The lowest BCUT2D eigenvalue weighted by molar-refractivity contribution is 0.0978. The van der Waals surface area contributed by atoms with Gasteiger partial charge < -0.3 is 0 Å². The molecular formula is C16H11Br2NO. The molecular weight excluding hydrogens is 382 g/mol. The normalized spacial score (nSPS) is 11.7. The van der Waals surface area contributed by atoms with Gasteiger partial charge in [0.05, 0.1) is 6.07 Å². The van der Waals surface area contributed by atoms with E-state index in [2.05, 4.69) is 37.9 Å². The molecule has 2 aromatic carbocycles. The minimum Gasteiger partial charge on any atom is -0.292 e. The van der Waals surface area contributed by atoms with Crippen molar-refractivity contribution >= 4 is 37.6 Å². The van der Waals surface area contributed by atoms with Gasteiger partial charge in [-0.05, 0) is 42.3 Å². The second-order valence-corrected chi connectivity index (χ2v) is 6.18. The predicted molar refractivity (Wildman–Crippen MR) is 85.7 cm³/mol. The van der Waals surface area contributed by atoms with E-state index in [-0.39, 0.29) is 5.78 Å². The lowest BCUT2D eigenvalue weighted by Gasteiger charge is -2.12. The van der Waals surface area contributed by atoms with Crippen molar-refractivity contribution in [3.63, 3.8) is 0 Å². The van der Waals surface area contributed by atoms with Gasteiger partial charge >= 0.3 is 0 Å². The summed E-state index contributed by atoms with van der Waals surface area (Å²) in [7, 11) is 0. The molecule has 0 saturated heterocycles. The number of nitrogens with zero attached hydrogens (tertiary/aromatic N) is 1. The molecule has 100 valence electrons. The number of Topliss-reactive ketones (excluding diaryl/α,β-unsaturated/α-hetero) is 1. The van der Waals surface area contributed by atoms with Crippen LogP contribution in [0.5, 0.6) is 0 Å². The van der Waals surface area contributed by atoms with Crippen molar-refractivity contribution in [2.45, 2.75) is 12.8 Å². The number of hydrogen-bond acceptors (Lipinski definition) is 2. The first-order chi connectivity index (χ1) is 9.54. The first kappa shape index (κ1) is 15.0. The fourth-order valence-electron chi connectivity index (χ4n) is 2.04. The average Bonchev–Trinajstić information content (AvgIpc) is 2.41. The van der Waals surface area contributed by atoms with Gasteiger partial charge in [-0.1, -0.05) is 50.1 Å². The lowest BCUT2D eigenvalue weighted by atomic mass is 9.90. The highest BCUT2D eigenvalue weighted by Crippen LogP contribution is 2.29. The number of halogens is 2. The fourth-order valence-corrected chi connectivity index (χ4v) is 3.03. The molecule has 2 nitrogen and oxygen atoms in total. The molecule has 0 radical (unpaired) electrons. The Morgan fingerprint density at radius 3 is 2.50 bits per heavy atom. The number of ketones is 1. The highest BCUT2D eigenvalue weighted by atomic mass is 79.9. The fraction of sp³-hybridized carbons (Fsp3) is 0.125. The van der Waals surface area contributed by atoms with E-state index >= 15 is 0 Å². The van der Waals surface area contributed by atoms with Gasteiger partial charge in [0.2, 0.25) is 0 Å². The molecule has 0 N–H and O–H groups in total. The van der Waals surface area contributed by atoms with E-state index in [1.54, 1.807) is 12.1 Å². The van der Waals surface area contributed by atoms with Gasteiger partial charge in [-0.2, -0.15) is 5.26 Å². The minimum absolute atomic E-state index is 0.176. The molecule has 1 atom stereocenters.